The SMILES string of the molecule is C1=CC2(CCCCC2)N2C[C@]23CNC[C@@H]13. The summed E-state index contributed by atoms with van der Waals surface area (Å²) in [5, 5.41) is 3.58. The van der Waals surface area contributed by atoms with Crippen LogP contribution in [0.1, 0.15) is 32.1 Å². The molecule has 2 heteroatoms. The third-order valence-corrected chi connectivity index (χ3v) is 5.25. The van der Waals surface area contributed by atoms with E-state index >= 15 is 0 Å². The molecule has 2 spiro atoms. The molecule has 3 heterocycles. The van der Waals surface area contributed by atoms with Crippen molar-refractivity contribution in [2.75, 3.05) is 19.6 Å². The van der Waals surface area contributed by atoms with Crippen molar-refractivity contribution >= 4 is 0 Å². The third-order valence-electron chi connectivity index (χ3n) is 5.25. The topological polar surface area (TPSA) is 15.0 Å². The van der Waals surface area contributed by atoms with Gasteiger partial charge >= 0.3 is 0 Å². The number of fused-ring (bicyclic) bond motifs is 1. The number of hydrogen-bond donors (Lipinski definition) is 1. The van der Waals surface area contributed by atoms with Gasteiger partial charge in [0.25, 0.3) is 0 Å². The van der Waals surface area contributed by atoms with Gasteiger partial charge in [-0.05, 0) is 12.8 Å². The summed E-state index contributed by atoms with van der Waals surface area (Å²) in [6, 6.07) is 0. The zero-order valence-electron chi connectivity index (χ0n) is 9.34. The first-order valence-electron chi connectivity index (χ1n) is 6.54. The summed E-state index contributed by atoms with van der Waals surface area (Å²) in [5.74, 6) is 0.810. The van der Waals surface area contributed by atoms with Gasteiger partial charge in [0.2, 0.25) is 0 Å². The standard InChI is InChI=1S/C13H20N2/c1-2-5-12(6-3-1)7-4-11-8-14-9-13(11)10-15(12)13/h4,7,11,14H,1-3,5-6,8-10H2/t11-,13+,15?/m1/s1. The summed E-state index contributed by atoms with van der Waals surface area (Å²) in [6.07, 6.45) is 12.3. The molecule has 0 aromatic heterocycles. The molecular formula is C13H20N2. The molecule has 1 unspecified atom stereocenters. The Morgan fingerprint density at radius 2 is 2.07 bits per heavy atom. The summed E-state index contributed by atoms with van der Waals surface area (Å²) in [6.45, 7) is 3.81. The van der Waals surface area contributed by atoms with Crippen molar-refractivity contribution < 1.29 is 0 Å². The molecule has 15 heavy (non-hydrogen) atoms. The van der Waals surface area contributed by atoms with E-state index in [1.807, 2.05) is 0 Å². The number of nitrogens with zero attached hydrogens (tertiary/aromatic N) is 1. The lowest BCUT2D eigenvalue weighted by atomic mass is 9.77. The van der Waals surface area contributed by atoms with E-state index in [1.165, 1.54) is 51.7 Å². The van der Waals surface area contributed by atoms with Crippen LogP contribution in [0.5, 0.6) is 0 Å². The minimum atomic E-state index is 0.487. The van der Waals surface area contributed by atoms with Crippen molar-refractivity contribution in [3.63, 3.8) is 0 Å². The van der Waals surface area contributed by atoms with Crippen molar-refractivity contribution in [1.29, 1.82) is 0 Å². The Morgan fingerprint density at radius 3 is 2.93 bits per heavy atom. The van der Waals surface area contributed by atoms with Gasteiger partial charge < -0.3 is 5.32 Å². The highest BCUT2D eigenvalue weighted by molar-refractivity contribution is 5.33. The van der Waals surface area contributed by atoms with Crippen LogP contribution < -0.4 is 5.32 Å². The summed E-state index contributed by atoms with van der Waals surface area (Å²) in [5.41, 5.74) is 1.05. The van der Waals surface area contributed by atoms with Crippen LogP contribution >= 0.6 is 0 Å². The fourth-order valence-corrected chi connectivity index (χ4v) is 4.31. The lowest BCUT2D eigenvalue weighted by molar-refractivity contribution is 0.156. The van der Waals surface area contributed by atoms with E-state index < -0.39 is 0 Å². The summed E-state index contributed by atoms with van der Waals surface area (Å²) in [7, 11) is 0. The maximum Gasteiger partial charge on any atom is 0.0544 e. The predicted molar refractivity (Wildman–Crippen MR) is 60.8 cm³/mol. The normalized spacial score (nSPS) is 50.1. The molecular weight excluding hydrogens is 184 g/mol. The molecule has 0 amide bonds. The van der Waals surface area contributed by atoms with E-state index in [9.17, 15) is 0 Å². The van der Waals surface area contributed by atoms with Crippen LogP contribution in [0.15, 0.2) is 12.2 Å². The minimum Gasteiger partial charge on any atom is -0.314 e. The Hall–Kier alpha value is -0.340. The molecule has 1 N–H and O–H groups in total. The Bertz CT molecular complexity index is 316. The quantitative estimate of drug-likeness (QED) is 0.475. The van der Waals surface area contributed by atoms with Crippen molar-refractivity contribution in [3.05, 3.63) is 12.2 Å². The second-order valence-corrected chi connectivity index (χ2v) is 5.95. The molecule has 0 aromatic carbocycles. The lowest BCUT2D eigenvalue weighted by Crippen LogP contribution is -2.46. The van der Waals surface area contributed by atoms with Gasteiger partial charge in [-0.3, -0.25) is 4.90 Å². The van der Waals surface area contributed by atoms with Gasteiger partial charge in [-0.2, -0.15) is 0 Å². The van der Waals surface area contributed by atoms with Crippen molar-refractivity contribution in [1.82, 2.24) is 10.2 Å². The van der Waals surface area contributed by atoms with Gasteiger partial charge in [-0.15, -0.1) is 0 Å². The molecule has 1 saturated carbocycles. The van der Waals surface area contributed by atoms with Crippen LogP contribution in [-0.4, -0.2) is 35.6 Å². The van der Waals surface area contributed by atoms with Gasteiger partial charge in [-0.1, -0.05) is 31.4 Å². The van der Waals surface area contributed by atoms with Crippen molar-refractivity contribution in [2.24, 2.45) is 5.92 Å². The molecule has 0 bridgehead atoms. The van der Waals surface area contributed by atoms with Crippen LogP contribution in [0.3, 0.4) is 0 Å². The Kier molecular flexibility index (Phi) is 1.56. The molecule has 2 nitrogen and oxygen atoms in total. The van der Waals surface area contributed by atoms with E-state index in [-0.39, 0.29) is 0 Å². The zero-order chi connectivity index (χ0) is 9.93. The second-order valence-electron chi connectivity index (χ2n) is 5.95. The first-order chi connectivity index (χ1) is 7.36. The molecule has 82 valence electrons. The molecule has 2 saturated heterocycles. The van der Waals surface area contributed by atoms with Gasteiger partial charge in [0.15, 0.2) is 0 Å². The van der Waals surface area contributed by atoms with Crippen molar-refractivity contribution in [3.8, 4) is 0 Å². The molecule has 3 aliphatic heterocycles. The molecule has 1 aliphatic carbocycles. The maximum atomic E-state index is 3.58. The van der Waals surface area contributed by atoms with Gasteiger partial charge in [-0.25, -0.2) is 0 Å². The van der Waals surface area contributed by atoms with Crippen molar-refractivity contribution in [2.45, 2.75) is 43.2 Å². The molecule has 3 atom stereocenters. The smallest absolute Gasteiger partial charge is 0.0544 e. The number of rotatable bonds is 0. The summed E-state index contributed by atoms with van der Waals surface area (Å²) >= 11 is 0. The largest absolute Gasteiger partial charge is 0.314 e. The Morgan fingerprint density at radius 1 is 1.20 bits per heavy atom. The van der Waals surface area contributed by atoms with E-state index in [0.29, 0.717) is 11.1 Å². The van der Waals surface area contributed by atoms with Gasteiger partial charge in [0, 0.05) is 31.1 Å². The maximum absolute atomic E-state index is 3.58. The number of nitrogens with one attached hydrogen (secondary N) is 1. The van der Waals surface area contributed by atoms with Crippen LogP contribution in [0.25, 0.3) is 0 Å². The Balaban J connectivity index is 1.71. The highest BCUT2D eigenvalue weighted by Crippen LogP contribution is 2.55. The van der Waals surface area contributed by atoms with E-state index in [1.54, 1.807) is 0 Å². The van der Waals surface area contributed by atoms with Gasteiger partial charge in [0.1, 0.15) is 0 Å². The van der Waals surface area contributed by atoms with E-state index in [4.69, 9.17) is 0 Å². The molecule has 0 radical (unpaired) electrons. The van der Waals surface area contributed by atoms with E-state index in [2.05, 4.69) is 22.4 Å². The minimum absolute atomic E-state index is 0.487. The van der Waals surface area contributed by atoms with Gasteiger partial charge in [0.05, 0.1) is 5.54 Å². The zero-order valence-corrected chi connectivity index (χ0v) is 9.34. The van der Waals surface area contributed by atoms with Crippen LogP contribution in [0.2, 0.25) is 0 Å². The summed E-state index contributed by atoms with van der Waals surface area (Å²) in [4.78, 5) is 2.82. The van der Waals surface area contributed by atoms with E-state index in [0.717, 1.165) is 5.92 Å². The fourth-order valence-electron chi connectivity index (χ4n) is 4.31. The molecule has 4 aliphatic rings. The summed E-state index contributed by atoms with van der Waals surface area (Å²) < 4.78 is 0. The first kappa shape index (κ1) is 8.77. The van der Waals surface area contributed by atoms with Crippen LogP contribution in [0.4, 0.5) is 0 Å². The van der Waals surface area contributed by atoms with Crippen LogP contribution in [-0.2, 0) is 0 Å². The Labute approximate surface area is 91.7 Å². The van der Waals surface area contributed by atoms with Crippen LogP contribution in [0, 0.1) is 5.92 Å². The third kappa shape index (κ3) is 0.974. The average molecular weight is 204 g/mol. The highest BCUT2D eigenvalue weighted by Gasteiger charge is 2.66. The lowest BCUT2D eigenvalue weighted by Gasteiger charge is -2.42. The monoisotopic (exact) mass is 204 g/mol. The predicted octanol–water partition coefficient (Wildman–Crippen LogP) is 1.53. The average Bonchev–Trinajstić information content (AvgIpc) is 2.87. The molecule has 3 fully saturated rings. The highest BCUT2D eigenvalue weighted by atomic mass is 15.4. The second kappa shape index (κ2) is 2.67. The molecule has 4 rings (SSSR count). The number of hydrogen-bond acceptors (Lipinski definition) is 2. The fraction of sp³-hybridized carbons (Fsp3) is 0.846. The first-order valence-corrected chi connectivity index (χ1v) is 6.54. The molecule has 0 aromatic rings.